The molecule has 28 heavy (non-hydrogen) atoms. The minimum absolute atomic E-state index is 0.177. The van der Waals surface area contributed by atoms with E-state index in [1.807, 2.05) is 25.1 Å². The molecule has 0 N–H and O–H groups in total. The zero-order valence-corrected chi connectivity index (χ0v) is 16.9. The molecule has 2 aromatic carbocycles. The lowest BCUT2D eigenvalue weighted by Gasteiger charge is -2.18. The van der Waals surface area contributed by atoms with E-state index in [9.17, 15) is 4.79 Å². The van der Waals surface area contributed by atoms with E-state index < -0.39 is 0 Å². The van der Waals surface area contributed by atoms with Crippen LogP contribution < -0.4 is 9.64 Å². The SMILES string of the molecule is COc1ccc(C)c2sc(N(Cc3ccco3)C(=O)c3ccc(Cl)cc3)nc12. The molecule has 0 aliphatic rings. The van der Waals surface area contributed by atoms with Gasteiger partial charge in [0.1, 0.15) is 17.0 Å². The molecule has 0 aliphatic heterocycles. The number of anilines is 1. The molecule has 0 aliphatic carbocycles. The lowest BCUT2D eigenvalue weighted by molar-refractivity contribution is 0.0983. The zero-order valence-electron chi connectivity index (χ0n) is 15.3. The topological polar surface area (TPSA) is 55.6 Å². The van der Waals surface area contributed by atoms with Gasteiger partial charge in [-0.05, 0) is 55.0 Å². The van der Waals surface area contributed by atoms with Gasteiger partial charge >= 0.3 is 0 Å². The van der Waals surface area contributed by atoms with E-state index in [0.29, 0.717) is 27.2 Å². The Bertz CT molecular complexity index is 1120. The molecule has 1 amide bonds. The number of carbonyl (C=O) groups is 1. The Morgan fingerprint density at radius 2 is 2.00 bits per heavy atom. The van der Waals surface area contributed by atoms with Crippen molar-refractivity contribution >= 4 is 44.2 Å². The molecule has 0 spiro atoms. The van der Waals surface area contributed by atoms with E-state index in [-0.39, 0.29) is 12.5 Å². The van der Waals surface area contributed by atoms with Crippen LogP contribution in [0.25, 0.3) is 10.2 Å². The highest BCUT2D eigenvalue weighted by atomic mass is 35.5. The van der Waals surface area contributed by atoms with E-state index in [0.717, 1.165) is 15.8 Å². The van der Waals surface area contributed by atoms with Gasteiger partial charge in [0.25, 0.3) is 5.91 Å². The number of methoxy groups -OCH3 is 1. The minimum atomic E-state index is -0.177. The third-order valence-corrected chi connectivity index (χ3v) is 5.84. The Morgan fingerprint density at radius 1 is 1.21 bits per heavy atom. The Kier molecular flexibility index (Phi) is 5.07. The summed E-state index contributed by atoms with van der Waals surface area (Å²) in [7, 11) is 1.61. The molecule has 4 aromatic rings. The lowest BCUT2D eigenvalue weighted by Crippen LogP contribution is -2.30. The van der Waals surface area contributed by atoms with Crippen molar-refractivity contribution in [2.75, 3.05) is 12.0 Å². The maximum atomic E-state index is 13.3. The summed E-state index contributed by atoms with van der Waals surface area (Å²) in [6.45, 7) is 2.29. The molecule has 142 valence electrons. The number of benzene rings is 2. The molecule has 7 heteroatoms. The second kappa shape index (κ2) is 7.66. The van der Waals surface area contributed by atoms with Crippen molar-refractivity contribution in [3.8, 4) is 5.75 Å². The number of furan rings is 1. The number of amides is 1. The molecule has 0 unspecified atom stereocenters. The first-order chi connectivity index (χ1) is 13.6. The summed E-state index contributed by atoms with van der Waals surface area (Å²) in [6.07, 6.45) is 1.59. The monoisotopic (exact) mass is 412 g/mol. The number of hydrogen-bond acceptors (Lipinski definition) is 5. The fourth-order valence-corrected chi connectivity index (χ4v) is 4.09. The molecule has 0 saturated carbocycles. The molecule has 0 bridgehead atoms. The largest absolute Gasteiger partial charge is 0.494 e. The van der Waals surface area contributed by atoms with Crippen molar-refractivity contribution in [2.24, 2.45) is 0 Å². The average molecular weight is 413 g/mol. The number of aromatic nitrogens is 1. The van der Waals surface area contributed by atoms with Gasteiger partial charge in [-0.2, -0.15) is 0 Å². The van der Waals surface area contributed by atoms with Gasteiger partial charge in [0.2, 0.25) is 0 Å². The highest BCUT2D eigenvalue weighted by Gasteiger charge is 2.24. The summed E-state index contributed by atoms with van der Waals surface area (Å²) < 4.78 is 11.9. The van der Waals surface area contributed by atoms with Crippen LogP contribution in [0.1, 0.15) is 21.7 Å². The predicted octanol–water partition coefficient (Wildman–Crippen LogP) is 5.71. The molecule has 0 atom stereocenters. The number of thiazole rings is 1. The second-order valence-electron chi connectivity index (χ2n) is 6.24. The van der Waals surface area contributed by atoms with Crippen LogP contribution in [-0.4, -0.2) is 18.0 Å². The van der Waals surface area contributed by atoms with E-state index >= 15 is 0 Å². The Balaban J connectivity index is 1.81. The number of carbonyl (C=O) groups excluding carboxylic acids is 1. The molecule has 4 rings (SSSR count). The molecule has 5 nitrogen and oxygen atoms in total. The average Bonchev–Trinajstić information content (AvgIpc) is 3.37. The Labute approximate surface area is 171 Å². The summed E-state index contributed by atoms with van der Waals surface area (Å²) in [5, 5.41) is 1.16. The molecule has 2 heterocycles. The summed E-state index contributed by atoms with van der Waals surface area (Å²) >= 11 is 7.42. The summed E-state index contributed by atoms with van der Waals surface area (Å²) in [4.78, 5) is 19.6. The van der Waals surface area contributed by atoms with Crippen molar-refractivity contribution in [3.05, 3.63) is 76.7 Å². The molecular weight excluding hydrogens is 396 g/mol. The van der Waals surface area contributed by atoms with Crippen molar-refractivity contribution in [2.45, 2.75) is 13.5 Å². The van der Waals surface area contributed by atoms with Gasteiger partial charge in [-0.1, -0.05) is 29.0 Å². The van der Waals surface area contributed by atoms with Crippen molar-refractivity contribution in [3.63, 3.8) is 0 Å². The van der Waals surface area contributed by atoms with E-state index in [2.05, 4.69) is 0 Å². The van der Waals surface area contributed by atoms with Crippen LogP contribution >= 0.6 is 22.9 Å². The van der Waals surface area contributed by atoms with E-state index in [1.165, 1.54) is 11.3 Å². The maximum Gasteiger partial charge on any atom is 0.260 e. The van der Waals surface area contributed by atoms with Crippen LogP contribution in [0, 0.1) is 6.92 Å². The quantitative estimate of drug-likeness (QED) is 0.421. The summed E-state index contributed by atoms with van der Waals surface area (Å²) in [6, 6.07) is 14.3. The van der Waals surface area contributed by atoms with Crippen LogP contribution in [0.15, 0.2) is 59.2 Å². The van der Waals surface area contributed by atoms with Gasteiger partial charge in [-0.25, -0.2) is 4.98 Å². The predicted molar refractivity (Wildman–Crippen MR) is 112 cm³/mol. The lowest BCUT2D eigenvalue weighted by atomic mass is 10.2. The smallest absolute Gasteiger partial charge is 0.260 e. The van der Waals surface area contributed by atoms with Crippen LogP contribution in [-0.2, 0) is 6.54 Å². The van der Waals surface area contributed by atoms with Gasteiger partial charge in [-0.3, -0.25) is 9.69 Å². The number of hydrogen-bond donors (Lipinski definition) is 0. The fraction of sp³-hybridized carbons (Fsp3) is 0.143. The van der Waals surface area contributed by atoms with Crippen LogP contribution in [0.5, 0.6) is 5.75 Å². The molecule has 2 aromatic heterocycles. The first-order valence-corrected chi connectivity index (χ1v) is 9.80. The summed E-state index contributed by atoms with van der Waals surface area (Å²) in [5.41, 5.74) is 2.35. The van der Waals surface area contributed by atoms with Gasteiger partial charge in [-0.15, -0.1) is 0 Å². The van der Waals surface area contributed by atoms with Crippen LogP contribution in [0.4, 0.5) is 5.13 Å². The number of rotatable bonds is 5. The third-order valence-electron chi connectivity index (χ3n) is 4.37. The van der Waals surface area contributed by atoms with Crippen molar-refractivity contribution in [1.82, 2.24) is 4.98 Å². The molecule has 0 radical (unpaired) electrons. The van der Waals surface area contributed by atoms with Crippen LogP contribution in [0.2, 0.25) is 5.02 Å². The normalized spacial score (nSPS) is 11.0. The molecule has 0 fully saturated rings. The highest BCUT2D eigenvalue weighted by molar-refractivity contribution is 7.22. The zero-order chi connectivity index (χ0) is 19.7. The maximum absolute atomic E-state index is 13.3. The number of fused-ring (bicyclic) bond motifs is 1. The van der Waals surface area contributed by atoms with Gasteiger partial charge in [0.15, 0.2) is 5.13 Å². The second-order valence-corrected chi connectivity index (χ2v) is 7.65. The first kappa shape index (κ1) is 18.5. The third kappa shape index (κ3) is 3.48. The number of nitrogens with zero attached hydrogens (tertiary/aromatic N) is 2. The Hall–Kier alpha value is -2.83. The highest BCUT2D eigenvalue weighted by Crippen LogP contribution is 2.37. The van der Waals surface area contributed by atoms with Crippen molar-refractivity contribution < 1.29 is 13.9 Å². The van der Waals surface area contributed by atoms with Gasteiger partial charge in [0, 0.05) is 10.6 Å². The number of ether oxygens (including phenoxy) is 1. The fourth-order valence-electron chi connectivity index (χ4n) is 2.91. The Morgan fingerprint density at radius 3 is 2.68 bits per heavy atom. The molecular formula is C21H17ClN2O3S. The van der Waals surface area contributed by atoms with Gasteiger partial charge < -0.3 is 9.15 Å². The minimum Gasteiger partial charge on any atom is -0.494 e. The number of aryl methyl sites for hydroxylation is 1. The molecule has 0 saturated heterocycles. The first-order valence-electron chi connectivity index (χ1n) is 8.61. The number of halogens is 1. The van der Waals surface area contributed by atoms with Crippen LogP contribution in [0.3, 0.4) is 0 Å². The van der Waals surface area contributed by atoms with E-state index in [4.69, 9.17) is 25.7 Å². The summed E-state index contributed by atoms with van der Waals surface area (Å²) in [5.74, 6) is 1.17. The standard InChI is InChI=1S/C21H17ClN2O3S/c1-13-5-10-17(26-2)18-19(13)28-21(23-18)24(12-16-4-3-11-27-16)20(25)14-6-8-15(22)9-7-14/h3-11H,12H2,1-2H3. The van der Waals surface area contributed by atoms with Gasteiger partial charge in [0.05, 0.1) is 24.6 Å². The van der Waals surface area contributed by atoms with Crippen molar-refractivity contribution in [1.29, 1.82) is 0 Å². The van der Waals surface area contributed by atoms with E-state index in [1.54, 1.807) is 48.6 Å².